The summed E-state index contributed by atoms with van der Waals surface area (Å²) in [6.45, 7) is 1.17. The van der Waals surface area contributed by atoms with E-state index in [-0.39, 0.29) is 29.2 Å². The fraction of sp³-hybridized carbons (Fsp3) is 0.833. The van der Waals surface area contributed by atoms with Gasteiger partial charge in [-0.05, 0) is 38.8 Å². The Morgan fingerprint density at radius 3 is 1.23 bits per heavy atom. The van der Waals surface area contributed by atoms with Gasteiger partial charge in [-0.1, -0.05) is 12.8 Å². The second-order valence-electron chi connectivity index (χ2n) is 4.42. The van der Waals surface area contributed by atoms with Crippen LogP contribution in [0.5, 0.6) is 0 Å². The summed E-state index contributed by atoms with van der Waals surface area (Å²) in [5.74, 6) is -2.37. The molecule has 8 N–H and O–H groups in total. The molecule has 135 valence electrons. The summed E-state index contributed by atoms with van der Waals surface area (Å²) in [5, 5.41) is 20.1. The summed E-state index contributed by atoms with van der Waals surface area (Å²) in [6.07, 6.45) is 4.07. The van der Waals surface area contributed by atoms with Crippen LogP contribution in [0.1, 0.15) is 38.5 Å². The zero-order valence-electron chi connectivity index (χ0n) is 12.5. The largest absolute Gasteiger partial charge is 2.00 e. The zero-order valence-corrected chi connectivity index (χ0v) is 14.4. The average Bonchev–Trinajstić information content (AvgIpc) is 2.39. The summed E-state index contributed by atoms with van der Waals surface area (Å²) >= 11 is 0. The fourth-order valence-corrected chi connectivity index (χ4v) is 1.25. The van der Waals surface area contributed by atoms with Crippen LogP contribution in [0.15, 0.2) is 0 Å². The number of rotatable bonds is 10. The van der Waals surface area contributed by atoms with Crippen molar-refractivity contribution in [2.45, 2.75) is 50.6 Å². The van der Waals surface area contributed by atoms with Gasteiger partial charge in [-0.25, -0.2) is 0 Å². The Bertz CT molecular complexity index is 250. The molecular formula is C12H27ClCoN4O4. The minimum absolute atomic E-state index is 0. The molecule has 0 unspecified atom stereocenters. The van der Waals surface area contributed by atoms with E-state index in [2.05, 4.69) is 0 Å². The van der Waals surface area contributed by atoms with E-state index in [9.17, 15) is 19.8 Å². The van der Waals surface area contributed by atoms with E-state index in [1.54, 1.807) is 0 Å². The molecule has 0 rings (SSSR count). The van der Waals surface area contributed by atoms with E-state index in [1.807, 2.05) is 0 Å². The van der Waals surface area contributed by atoms with E-state index >= 15 is 0 Å². The Morgan fingerprint density at radius 1 is 0.773 bits per heavy atom. The summed E-state index contributed by atoms with van der Waals surface area (Å²) in [6, 6.07) is -1.65. The SMILES string of the molecule is Cl.NCCCC[C@H](N)C(=O)[O-].NCCCC[C@H](N)C(=O)[O-].[Co+2]. The minimum atomic E-state index is -1.18. The molecule has 22 heavy (non-hydrogen) atoms. The molecule has 0 aliphatic heterocycles. The summed E-state index contributed by atoms with van der Waals surface area (Å²) in [5.41, 5.74) is 20.7. The first-order valence-corrected chi connectivity index (χ1v) is 6.69. The molecule has 0 aromatic carbocycles. The first kappa shape index (κ1) is 29.6. The first-order chi connectivity index (χ1) is 9.36. The summed E-state index contributed by atoms with van der Waals surface area (Å²) in [7, 11) is 0. The molecule has 0 saturated carbocycles. The third-order valence-corrected chi connectivity index (χ3v) is 2.54. The second-order valence-corrected chi connectivity index (χ2v) is 4.42. The second kappa shape index (κ2) is 20.6. The molecular weight excluding hydrogens is 359 g/mol. The Hall–Kier alpha value is -0.424. The maximum atomic E-state index is 10.0. The number of hydrogen-bond donors (Lipinski definition) is 4. The number of nitrogens with two attached hydrogens (primary N) is 4. The van der Waals surface area contributed by atoms with E-state index in [4.69, 9.17) is 22.9 Å². The standard InChI is InChI=1S/2C6H14N2O2.ClH.Co/c2*7-4-2-1-3-5(8)6(9)10;;/h2*5H,1-4,7-8H2,(H,9,10);1H;/q;;;+2/p-2/t2*5-;;/m00../s1. The number of carbonyl (C=O) groups excluding carboxylic acids is 2. The number of carboxylic acids is 2. The van der Waals surface area contributed by atoms with Crippen molar-refractivity contribution >= 4 is 24.3 Å². The molecule has 0 aliphatic carbocycles. The van der Waals surface area contributed by atoms with Crippen LogP contribution in [0.25, 0.3) is 0 Å². The maximum absolute atomic E-state index is 10.0. The van der Waals surface area contributed by atoms with Gasteiger partial charge in [0.15, 0.2) is 0 Å². The summed E-state index contributed by atoms with van der Waals surface area (Å²) in [4.78, 5) is 20.1. The van der Waals surface area contributed by atoms with Crippen LogP contribution in [-0.2, 0) is 26.4 Å². The van der Waals surface area contributed by atoms with Crippen molar-refractivity contribution in [1.29, 1.82) is 0 Å². The van der Waals surface area contributed by atoms with Crippen LogP contribution in [0.2, 0.25) is 0 Å². The van der Waals surface area contributed by atoms with E-state index in [0.29, 0.717) is 25.9 Å². The molecule has 0 amide bonds. The van der Waals surface area contributed by atoms with E-state index in [1.165, 1.54) is 0 Å². The van der Waals surface area contributed by atoms with Gasteiger partial charge in [-0.3, -0.25) is 0 Å². The van der Waals surface area contributed by atoms with Crippen LogP contribution in [0, 0.1) is 0 Å². The van der Waals surface area contributed by atoms with Gasteiger partial charge >= 0.3 is 16.8 Å². The van der Waals surface area contributed by atoms with E-state index in [0.717, 1.165) is 25.7 Å². The Morgan fingerprint density at radius 2 is 1.05 bits per heavy atom. The number of carboxylic acid groups (broad SMARTS) is 2. The molecule has 0 aromatic rings. The van der Waals surface area contributed by atoms with Gasteiger partial charge < -0.3 is 42.7 Å². The van der Waals surface area contributed by atoms with Crippen LogP contribution >= 0.6 is 12.4 Å². The number of hydrogen-bond acceptors (Lipinski definition) is 8. The monoisotopic (exact) mass is 385 g/mol. The minimum Gasteiger partial charge on any atom is -0.548 e. The van der Waals surface area contributed by atoms with Crippen molar-refractivity contribution in [2.24, 2.45) is 22.9 Å². The van der Waals surface area contributed by atoms with Crippen LogP contribution < -0.4 is 33.1 Å². The quantitative estimate of drug-likeness (QED) is 0.283. The van der Waals surface area contributed by atoms with Gasteiger partial charge in [0.05, 0.1) is 11.9 Å². The van der Waals surface area contributed by atoms with Gasteiger partial charge in [0, 0.05) is 12.1 Å². The predicted octanol–water partition coefficient (Wildman–Crippen LogP) is -3.20. The predicted molar refractivity (Wildman–Crippen MR) is 79.0 cm³/mol. The van der Waals surface area contributed by atoms with Crippen molar-refractivity contribution in [2.75, 3.05) is 13.1 Å². The Kier molecular flexibility index (Phi) is 27.7. The molecule has 0 heterocycles. The fourth-order valence-electron chi connectivity index (χ4n) is 1.25. The molecule has 0 bridgehead atoms. The van der Waals surface area contributed by atoms with E-state index < -0.39 is 24.0 Å². The van der Waals surface area contributed by atoms with Crippen molar-refractivity contribution in [3.8, 4) is 0 Å². The van der Waals surface area contributed by atoms with Gasteiger partial charge in [-0.15, -0.1) is 12.4 Å². The van der Waals surface area contributed by atoms with Crippen LogP contribution in [0.4, 0.5) is 0 Å². The topological polar surface area (TPSA) is 184 Å². The smallest absolute Gasteiger partial charge is 0.548 e. The van der Waals surface area contributed by atoms with Crippen molar-refractivity contribution < 1.29 is 36.6 Å². The Balaban J connectivity index is -0.000000135. The van der Waals surface area contributed by atoms with Crippen LogP contribution in [-0.4, -0.2) is 37.1 Å². The molecule has 0 spiro atoms. The maximum Gasteiger partial charge on any atom is 2.00 e. The van der Waals surface area contributed by atoms with Gasteiger partial charge in [0.1, 0.15) is 0 Å². The number of unbranched alkanes of at least 4 members (excludes halogenated alkanes) is 2. The summed E-state index contributed by atoms with van der Waals surface area (Å²) < 4.78 is 0. The molecule has 0 fully saturated rings. The van der Waals surface area contributed by atoms with Crippen molar-refractivity contribution in [1.82, 2.24) is 0 Å². The third-order valence-electron chi connectivity index (χ3n) is 2.54. The molecule has 10 heteroatoms. The number of aliphatic carboxylic acids is 2. The first-order valence-electron chi connectivity index (χ1n) is 6.69. The van der Waals surface area contributed by atoms with Crippen molar-refractivity contribution in [3.05, 3.63) is 0 Å². The third kappa shape index (κ3) is 21.9. The van der Waals surface area contributed by atoms with Crippen molar-refractivity contribution in [3.63, 3.8) is 0 Å². The zero-order chi connectivity index (χ0) is 16.0. The number of carbonyl (C=O) groups is 2. The van der Waals surface area contributed by atoms with Gasteiger partial charge in [-0.2, -0.15) is 0 Å². The molecule has 8 nitrogen and oxygen atoms in total. The molecule has 2 atom stereocenters. The van der Waals surface area contributed by atoms with Crippen LogP contribution in [0.3, 0.4) is 0 Å². The molecule has 0 aromatic heterocycles. The molecule has 0 saturated heterocycles. The van der Waals surface area contributed by atoms with Gasteiger partial charge in [0.2, 0.25) is 0 Å². The molecule has 0 aliphatic rings. The van der Waals surface area contributed by atoms with Gasteiger partial charge in [0.25, 0.3) is 0 Å². The normalized spacial score (nSPS) is 11.8. The number of halogens is 1. The average molecular weight is 386 g/mol. The molecule has 1 radical (unpaired) electrons. The Labute approximate surface area is 148 Å².